The average molecular weight is 221 g/mol. The first-order valence-corrected chi connectivity index (χ1v) is 6.41. The summed E-state index contributed by atoms with van der Waals surface area (Å²) >= 11 is 0. The molecule has 92 valence electrons. The van der Waals surface area contributed by atoms with Crippen molar-refractivity contribution in [2.45, 2.75) is 33.6 Å². The molecular formula is C15H27N. The fourth-order valence-corrected chi connectivity index (χ4v) is 1.92. The Kier molecular flexibility index (Phi) is 8.93. The molecule has 1 fully saturated rings. The second kappa shape index (κ2) is 9.41. The van der Waals surface area contributed by atoms with Crippen LogP contribution in [0.25, 0.3) is 0 Å². The first-order valence-electron chi connectivity index (χ1n) is 6.41. The maximum atomic E-state index is 3.89. The van der Waals surface area contributed by atoms with Crippen molar-refractivity contribution in [2.75, 3.05) is 20.1 Å². The Hall–Kier alpha value is -0.820. The molecule has 0 aromatic carbocycles. The topological polar surface area (TPSA) is 3.24 Å². The van der Waals surface area contributed by atoms with E-state index in [1.54, 1.807) is 0 Å². The van der Waals surface area contributed by atoms with Crippen LogP contribution in [0.3, 0.4) is 0 Å². The molecule has 1 aliphatic rings. The van der Waals surface area contributed by atoms with E-state index in [4.69, 9.17) is 0 Å². The van der Waals surface area contributed by atoms with Crippen molar-refractivity contribution in [3.8, 4) is 0 Å². The number of allylic oxidation sites excluding steroid dienone is 5. The monoisotopic (exact) mass is 221 g/mol. The van der Waals surface area contributed by atoms with Gasteiger partial charge in [-0.05, 0) is 51.4 Å². The van der Waals surface area contributed by atoms with Crippen molar-refractivity contribution in [3.05, 3.63) is 36.5 Å². The Morgan fingerprint density at radius 1 is 1.25 bits per heavy atom. The predicted molar refractivity (Wildman–Crippen MR) is 74.7 cm³/mol. The number of hydrogen-bond donors (Lipinski definition) is 0. The van der Waals surface area contributed by atoms with E-state index < -0.39 is 0 Å². The summed E-state index contributed by atoms with van der Waals surface area (Å²) in [5.74, 6) is 0.722. The van der Waals surface area contributed by atoms with Gasteiger partial charge in [-0.1, -0.05) is 44.7 Å². The van der Waals surface area contributed by atoms with Crippen molar-refractivity contribution in [1.82, 2.24) is 4.90 Å². The molecule has 0 aromatic heterocycles. The predicted octanol–water partition coefficient (Wildman–Crippen LogP) is 4.04. The lowest BCUT2D eigenvalue weighted by molar-refractivity contribution is 0.240. The minimum atomic E-state index is 0.722. The molecule has 0 amide bonds. The van der Waals surface area contributed by atoms with Gasteiger partial charge in [0.05, 0.1) is 0 Å². The van der Waals surface area contributed by atoms with Gasteiger partial charge >= 0.3 is 0 Å². The molecule has 0 atom stereocenters. The van der Waals surface area contributed by atoms with Crippen LogP contribution in [0.15, 0.2) is 36.5 Å². The SMILES string of the molecule is C=C/C(=C\C=C/C)C1CCN(C)CC1.CC. The minimum Gasteiger partial charge on any atom is -0.306 e. The molecule has 1 saturated heterocycles. The zero-order chi connectivity index (χ0) is 12.4. The third-order valence-electron chi connectivity index (χ3n) is 2.91. The smallest absolute Gasteiger partial charge is 0.00159 e. The molecule has 1 aliphatic heterocycles. The van der Waals surface area contributed by atoms with Gasteiger partial charge in [0.2, 0.25) is 0 Å². The van der Waals surface area contributed by atoms with Crippen molar-refractivity contribution < 1.29 is 0 Å². The van der Waals surface area contributed by atoms with Crippen LogP contribution in [-0.4, -0.2) is 25.0 Å². The lowest BCUT2D eigenvalue weighted by Gasteiger charge is -2.29. The Morgan fingerprint density at radius 2 is 1.81 bits per heavy atom. The Morgan fingerprint density at radius 3 is 2.25 bits per heavy atom. The zero-order valence-electron chi connectivity index (χ0n) is 11.4. The molecule has 0 unspecified atom stereocenters. The summed E-state index contributed by atoms with van der Waals surface area (Å²) < 4.78 is 0. The molecule has 1 nitrogen and oxygen atoms in total. The average Bonchev–Trinajstić information content (AvgIpc) is 2.35. The van der Waals surface area contributed by atoms with Gasteiger partial charge < -0.3 is 4.90 Å². The summed E-state index contributed by atoms with van der Waals surface area (Å²) in [5, 5.41) is 0. The van der Waals surface area contributed by atoms with Gasteiger partial charge in [0.1, 0.15) is 0 Å². The second-order valence-electron chi connectivity index (χ2n) is 3.97. The normalized spacial score (nSPS) is 19.4. The molecule has 1 heterocycles. The van der Waals surface area contributed by atoms with Crippen molar-refractivity contribution in [2.24, 2.45) is 5.92 Å². The van der Waals surface area contributed by atoms with Crippen LogP contribution < -0.4 is 0 Å². The van der Waals surface area contributed by atoms with Crippen molar-refractivity contribution in [1.29, 1.82) is 0 Å². The summed E-state index contributed by atoms with van der Waals surface area (Å²) in [7, 11) is 2.19. The van der Waals surface area contributed by atoms with Crippen molar-refractivity contribution >= 4 is 0 Å². The molecular weight excluding hydrogens is 194 g/mol. The van der Waals surface area contributed by atoms with Crippen LogP contribution >= 0.6 is 0 Å². The maximum absolute atomic E-state index is 3.89. The summed E-state index contributed by atoms with van der Waals surface area (Å²) in [5.41, 5.74) is 1.40. The Labute approximate surface area is 102 Å². The molecule has 1 heteroatoms. The van der Waals surface area contributed by atoms with E-state index in [9.17, 15) is 0 Å². The van der Waals surface area contributed by atoms with Crippen LogP contribution in [-0.2, 0) is 0 Å². The van der Waals surface area contributed by atoms with Gasteiger partial charge in [-0.3, -0.25) is 0 Å². The highest BCUT2D eigenvalue weighted by atomic mass is 15.1. The minimum absolute atomic E-state index is 0.722. The third kappa shape index (κ3) is 5.32. The van der Waals surface area contributed by atoms with Gasteiger partial charge in [-0.2, -0.15) is 0 Å². The second-order valence-corrected chi connectivity index (χ2v) is 3.97. The van der Waals surface area contributed by atoms with Crippen LogP contribution in [0.5, 0.6) is 0 Å². The quantitative estimate of drug-likeness (QED) is 0.650. The molecule has 16 heavy (non-hydrogen) atoms. The van der Waals surface area contributed by atoms with E-state index in [0.29, 0.717) is 0 Å². The van der Waals surface area contributed by atoms with Gasteiger partial charge in [0, 0.05) is 0 Å². The lowest BCUT2D eigenvalue weighted by Crippen LogP contribution is -2.30. The highest BCUT2D eigenvalue weighted by Gasteiger charge is 2.17. The lowest BCUT2D eigenvalue weighted by atomic mass is 9.89. The number of hydrogen-bond acceptors (Lipinski definition) is 1. The molecule has 0 aliphatic carbocycles. The summed E-state index contributed by atoms with van der Waals surface area (Å²) in [6, 6.07) is 0. The molecule has 1 rings (SSSR count). The first-order chi connectivity index (χ1) is 7.77. The van der Waals surface area contributed by atoms with Gasteiger partial charge in [-0.25, -0.2) is 0 Å². The van der Waals surface area contributed by atoms with Gasteiger partial charge in [0.25, 0.3) is 0 Å². The molecule has 0 saturated carbocycles. The van der Waals surface area contributed by atoms with E-state index in [0.717, 1.165) is 5.92 Å². The van der Waals surface area contributed by atoms with Gasteiger partial charge in [0.15, 0.2) is 0 Å². The fourth-order valence-electron chi connectivity index (χ4n) is 1.92. The van der Waals surface area contributed by atoms with Crippen LogP contribution in [0.4, 0.5) is 0 Å². The van der Waals surface area contributed by atoms with E-state index in [1.165, 1.54) is 31.5 Å². The fraction of sp³-hybridized carbons (Fsp3) is 0.600. The summed E-state index contributed by atoms with van der Waals surface area (Å²) in [6.07, 6.45) is 10.9. The molecule has 0 radical (unpaired) electrons. The zero-order valence-corrected chi connectivity index (χ0v) is 11.4. The van der Waals surface area contributed by atoms with E-state index in [-0.39, 0.29) is 0 Å². The maximum Gasteiger partial charge on any atom is -0.00159 e. The number of nitrogens with zero attached hydrogens (tertiary/aromatic N) is 1. The Balaban J connectivity index is 0.00000106. The van der Waals surface area contributed by atoms with E-state index in [1.807, 2.05) is 26.8 Å². The largest absolute Gasteiger partial charge is 0.306 e. The van der Waals surface area contributed by atoms with E-state index in [2.05, 4.69) is 36.8 Å². The number of rotatable bonds is 3. The summed E-state index contributed by atoms with van der Waals surface area (Å²) in [6.45, 7) is 12.4. The highest BCUT2D eigenvalue weighted by Crippen LogP contribution is 2.24. The van der Waals surface area contributed by atoms with Crippen LogP contribution in [0.1, 0.15) is 33.6 Å². The summed E-state index contributed by atoms with van der Waals surface area (Å²) in [4.78, 5) is 2.40. The molecule has 0 bridgehead atoms. The molecule has 0 N–H and O–H groups in total. The number of piperidine rings is 1. The van der Waals surface area contributed by atoms with Gasteiger partial charge in [-0.15, -0.1) is 0 Å². The highest BCUT2D eigenvalue weighted by molar-refractivity contribution is 5.25. The van der Waals surface area contributed by atoms with Crippen LogP contribution in [0, 0.1) is 5.92 Å². The Bertz CT molecular complexity index is 230. The van der Waals surface area contributed by atoms with Crippen molar-refractivity contribution in [3.63, 3.8) is 0 Å². The standard InChI is InChI=1S/C13H21N.C2H6/c1-4-6-7-12(5-2)13-8-10-14(3)11-9-13;1-2/h4-7,13H,2,8-11H2,1,3H3;1-2H3/b6-4-,12-7+;. The third-order valence-corrected chi connectivity index (χ3v) is 2.91. The molecule has 0 aromatic rings. The molecule has 0 spiro atoms. The first kappa shape index (κ1) is 15.2. The van der Waals surface area contributed by atoms with E-state index >= 15 is 0 Å². The number of likely N-dealkylation sites (tertiary alicyclic amines) is 1. The van der Waals surface area contributed by atoms with Crippen LogP contribution in [0.2, 0.25) is 0 Å².